The predicted octanol–water partition coefficient (Wildman–Crippen LogP) is 4.61. The Morgan fingerprint density at radius 1 is 1.19 bits per heavy atom. The quantitative estimate of drug-likeness (QED) is 0.436. The number of ether oxygens (including phenoxy) is 3. The Bertz CT molecular complexity index is 514. The number of aliphatic hydroxyl groups excluding tert-OH is 1. The van der Waals surface area contributed by atoms with Gasteiger partial charge in [-0.2, -0.15) is 0 Å². The lowest BCUT2D eigenvalue weighted by Crippen LogP contribution is -2.35. The Labute approximate surface area is 158 Å². The van der Waals surface area contributed by atoms with Crippen LogP contribution in [0.1, 0.15) is 57.9 Å². The van der Waals surface area contributed by atoms with Crippen molar-refractivity contribution in [3.05, 3.63) is 48.6 Å². The summed E-state index contributed by atoms with van der Waals surface area (Å²) in [5, 5.41) is 10.4. The fourth-order valence-electron chi connectivity index (χ4n) is 3.36. The Kier molecular flexibility index (Phi) is 8.79. The second-order valence-electron chi connectivity index (χ2n) is 7.46. The molecule has 4 nitrogen and oxygen atoms in total. The summed E-state index contributed by atoms with van der Waals surface area (Å²) in [6.07, 6.45) is 6.54. The van der Waals surface area contributed by atoms with E-state index in [0.29, 0.717) is 13.0 Å². The van der Waals surface area contributed by atoms with Crippen LogP contribution >= 0.6 is 0 Å². The molecule has 0 spiro atoms. The van der Waals surface area contributed by atoms with Gasteiger partial charge in [0.2, 0.25) is 0 Å². The van der Waals surface area contributed by atoms with Crippen molar-refractivity contribution in [2.45, 2.75) is 83.1 Å². The van der Waals surface area contributed by atoms with E-state index in [1.54, 1.807) is 0 Å². The molecular formula is C22H34O4. The van der Waals surface area contributed by atoms with Crippen molar-refractivity contribution in [2.75, 3.05) is 6.61 Å². The first-order chi connectivity index (χ1) is 12.5. The normalized spacial score (nSPS) is 23.0. The third kappa shape index (κ3) is 7.20. The zero-order valence-electron chi connectivity index (χ0n) is 16.2. The fourth-order valence-corrected chi connectivity index (χ4v) is 3.36. The van der Waals surface area contributed by atoms with E-state index in [0.717, 1.165) is 38.7 Å². The third-order valence-corrected chi connectivity index (χ3v) is 4.66. The van der Waals surface area contributed by atoms with Gasteiger partial charge in [0, 0.05) is 6.61 Å². The molecular weight excluding hydrogens is 328 g/mol. The standard InChI is InChI=1S/C22H34O4/c1-4-5-14-19(23)21-20(25-22(2,3)26-21)15-10-7-11-16-24-17-18-12-8-6-9-13-18/h4,6,8-9,12-13,19-21,23H,1,5,7,10-11,14-17H2,2-3H3/t19-,20+,21+/m1/s1. The lowest BCUT2D eigenvalue weighted by Gasteiger charge is -2.22. The lowest BCUT2D eigenvalue weighted by atomic mass is 9.99. The molecule has 0 amide bonds. The Morgan fingerprint density at radius 3 is 2.69 bits per heavy atom. The molecule has 0 bridgehead atoms. The van der Waals surface area contributed by atoms with E-state index in [2.05, 4.69) is 18.7 Å². The molecule has 1 aliphatic heterocycles. The van der Waals surface area contributed by atoms with Gasteiger partial charge in [-0.05, 0) is 45.1 Å². The number of aliphatic hydroxyl groups is 1. The highest BCUT2D eigenvalue weighted by atomic mass is 16.8. The highest BCUT2D eigenvalue weighted by molar-refractivity contribution is 5.13. The number of benzene rings is 1. The first-order valence-corrected chi connectivity index (χ1v) is 9.78. The van der Waals surface area contributed by atoms with E-state index in [1.165, 1.54) is 5.56 Å². The van der Waals surface area contributed by atoms with E-state index >= 15 is 0 Å². The van der Waals surface area contributed by atoms with Gasteiger partial charge in [-0.3, -0.25) is 0 Å². The minimum atomic E-state index is -0.622. The maximum absolute atomic E-state index is 10.4. The van der Waals surface area contributed by atoms with Crippen LogP contribution in [0.5, 0.6) is 0 Å². The van der Waals surface area contributed by atoms with E-state index in [-0.39, 0.29) is 12.2 Å². The highest BCUT2D eigenvalue weighted by Gasteiger charge is 2.43. The molecule has 146 valence electrons. The van der Waals surface area contributed by atoms with Crippen LogP contribution in [0.15, 0.2) is 43.0 Å². The summed E-state index contributed by atoms with van der Waals surface area (Å²) in [6, 6.07) is 10.2. The molecule has 1 aromatic rings. The summed E-state index contributed by atoms with van der Waals surface area (Å²) in [7, 11) is 0. The molecule has 26 heavy (non-hydrogen) atoms. The molecule has 0 unspecified atom stereocenters. The lowest BCUT2D eigenvalue weighted by molar-refractivity contribution is -0.155. The summed E-state index contributed by atoms with van der Waals surface area (Å²) in [6.45, 7) is 8.99. The SMILES string of the molecule is C=CCC[C@@H](O)[C@@H]1OC(C)(C)O[C@H]1CCCCCOCc1ccccc1. The maximum atomic E-state index is 10.4. The summed E-state index contributed by atoms with van der Waals surface area (Å²) in [5.74, 6) is -0.622. The average molecular weight is 363 g/mol. The number of rotatable bonds is 12. The van der Waals surface area contributed by atoms with Crippen molar-refractivity contribution in [3.8, 4) is 0 Å². The van der Waals surface area contributed by atoms with Gasteiger partial charge in [0.1, 0.15) is 6.10 Å². The van der Waals surface area contributed by atoms with Crippen molar-refractivity contribution in [3.63, 3.8) is 0 Å². The Morgan fingerprint density at radius 2 is 1.96 bits per heavy atom. The van der Waals surface area contributed by atoms with Gasteiger partial charge in [-0.1, -0.05) is 49.2 Å². The minimum absolute atomic E-state index is 0.0462. The predicted molar refractivity (Wildman–Crippen MR) is 104 cm³/mol. The molecule has 0 aliphatic carbocycles. The van der Waals surface area contributed by atoms with Crippen LogP contribution in [0.25, 0.3) is 0 Å². The summed E-state index contributed by atoms with van der Waals surface area (Å²) < 4.78 is 17.7. The molecule has 4 heteroatoms. The van der Waals surface area contributed by atoms with Gasteiger partial charge in [0.25, 0.3) is 0 Å². The minimum Gasteiger partial charge on any atom is -0.390 e. The molecule has 0 saturated carbocycles. The summed E-state index contributed by atoms with van der Waals surface area (Å²) in [4.78, 5) is 0. The van der Waals surface area contributed by atoms with E-state index < -0.39 is 11.9 Å². The van der Waals surface area contributed by atoms with Crippen molar-refractivity contribution >= 4 is 0 Å². The van der Waals surface area contributed by atoms with Gasteiger partial charge in [0.05, 0.1) is 18.8 Å². The Hall–Kier alpha value is -1.20. The van der Waals surface area contributed by atoms with Gasteiger partial charge in [-0.15, -0.1) is 6.58 Å². The molecule has 1 aliphatic rings. The largest absolute Gasteiger partial charge is 0.390 e. The van der Waals surface area contributed by atoms with Crippen LogP contribution in [0.4, 0.5) is 0 Å². The highest BCUT2D eigenvalue weighted by Crippen LogP contribution is 2.33. The fraction of sp³-hybridized carbons (Fsp3) is 0.636. The van der Waals surface area contributed by atoms with Gasteiger partial charge < -0.3 is 19.3 Å². The van der Waals surface area contributed by atoms with Gasteiger partial charge in [-0.25, -0.2) is 0 Å². The van der Waals surface area contributed by atoms with Crippen molar-refractivity contribution in [2.24, 2.45) is 0 Å². The molecule has 1 fully saturated rings. The van der Waals surface area contributed by atoms with Gasteiger partial charge >= 0.3 is 0 Å². The van der Waals surface area contributed by atoms with Crippen LogP contribution in [-0.4, -0.2) is 35.8 Å². The molecule has 2 rings (SSSR count). The van der Waals surface area contributed by atoms with Crippen molar-refractivity contribution in [1.29, 1.82) is 0 Å². The number of hydrogen-bond donors (Lipinski definition) is 1. The number of hydrogen-bond acceptors (Lipinski definition) is 4. The molecule has 1 saturated heterocycles. The first-order valence-electron chi connectivity index (χ1n) is 9.78. The second-order valence-corrected chi connectivity index (χ2v) is 7.46. The third-order valence-electron chi connectivity index (χ3n) is 4.66. The van der Waals surface area contributed by atoms with Crippen LogP contribution in [-0.2, 0) is 20.8 Å². The van der Waals surface area contributed by atoms with Crippen molar-refractivity contribution < 1.29 is 19.3 Å². The summed E-state index contributed by atoms with van der Waals surface area (Å²) >= 11 is 0. The molecule has 3 atom stereocenters. The van der Waals surface area contributed by atoms with Gasteiger partial charge in [0.15, 0.2) is 5.79 Å². The Balaban J connectivity index is 1.62. The molecule has 1 N–H and O–H groups in total. The number of allylic oxidation sites excluding steroid dienone is 1. The zero-order chi connectivity index (χ0) is 18.8. The van der Waals surface area contributed by atoms with E-state index in [9.17, 15) is 5.11 Å². The molecule has 1 aromatic carbocycles. The topological polar surface area (TPSA) is 47.9 Å². The molecule has 0 aromatic heterocycles. The van der Waals surface area contributed by atoms with Crippen LogP contribution < -0.4 is 0 Å². The van der Waals surface area contributed by atoms with Crippen molar-refractivity contribution in [1.82, 2.24) is 0 Å². The maximum Gasteiger partial charge on any atom is 0.163 e. The molecule has 0 radical (unpaired) electrons. The summed E-state index contributed by atoms with van der Waals surface area (Å²) in [5.41, 5.74) is 1.21. The monoisotopic (exact) mass is 362 g/mol. The van der Waals surface area contributed by atoms with Crippen LogP contribution in [0, 0.1) is 0 Å². The number of unbranched alkanes of at least 4 members (excludes halogenated alkanes) is 2. The first kappa shape index (κ1) is 21.1. The average Bonchev–Trinajstić information content (AvgIpc) is 2.94. The van der Waals surface area contributed by atoms with Crippen LogP contribution in [0.2, 0.25) is 0 Å². The molecule has 1 heterocycles. The van der Waals surface area contributed by atoms with E-state index in [1.807, 2.05) is 38.1 Å². The smallest absolute Gasteiger partial charge is 0.163 e. The zero-order valence-corrected chi connectivity index (χ0v) is 16.2. The van der Waals surface area contributed by atoms with Crippen LogP contribution in [0.3, 0.4) is 0 Å². The second kappa shape index (κ2) is 10.8. The van der Waals surface area contributed by atoms with E-state index in [4.69, 9.17) is 14.2 Å².